The van der Waals surface area contributed by atoms with Crippen LogP contribution in [0, 0.1) is 0 Å². The van der Waals surface area contributed by atoms with Gasteiger partial charge in [-0.1, -0.05) is 12.1 Å². The highest BCUT2D eigenvalue weighted by atomic mass is 15.3. The van der Waals surface area contributed by atoms with Gasteiger partial charge in [0.2, 0.25) is 0 Å². The maximum Gasteiger partial charge on any atom is 0.138 e. The highest BCUT2D eigenvalue weighted by Gasteiger charge is 2.17. The number of hydrogen-bond acceptors (Lipinski definition) is 5. The van der Waals surface area contributed by atoms with Crippen molar-refractivity contribution in [3.8, 4) is 0 Å². The fourth-order valence-corrected chi connectivity index (χ4v) is 3.25. The van der Waals surface area contributed by atoms with Crippen LogP contribution in [-0.2, 0) is 13.1 Å². The Balaban J connectivity index is 1.47. The first-order valence-corrected chi connectivity index (χ1v) is 8.81. The van der Waals surface area contributed by atoms with Gasteiger partial charge in [-0.25, -0.2) is 4.98 Å². The normalized spacial score (nSPS) is 15.8. The molecular formula is C19H24N6. The third kappa shape index (κ3) is 3.65. The molecule has 0 aromatic carbocycles. The second kappa shape index (κ2) is 7.21. The smallest absolute Gasteiger partial charge is 0.138 e. The monoisotopic (exact) mass is 336 g/mol. The topological polar surface area (TPSA) is 48.7 Å². The van der Waals surface area contributed by atoms with E-state index < -0.39 is 0 Å². The first kappa shape index (κ1) is 16.1. The average Bonchev–Trinajstić information content (AvgIpc) is 3.06. The van der Waals surface area contributed by atoms with Crippen molar-refractivity contribution in [1.82, 2.24) is 24.6 Å². The van der Waals surface area contributed by atoms with E-state index in [-0.39, 0.29) is 0 Å². The van der Waals surface area contributed by atoms with E-state index in [4.69, 9.17) is 4.98 Å². The molecule has 0 saturated carbocycles. The molecule has 1 saturated heterocycles. The zero-order chi connectivity index (χ0) is 17.1. The Kier molecular flexibility index (Phi) is 4.63. The predicted molar refractivity (Wildman–Crippen MR) is 99.7 cm³/mol. The van der Waals surface area contributed by atoms with Crippen LogP contribution in [0.15, 0.2) is 48.8 Å². The molecule has 1 aliphatic rings. The maximum atomic E-state index is 4.76. The number of nitrogens with one attached hydrogen (secondary N) is 1. The van der Waals surface area contributed by atoms with Crippen LogP contribution in [0.1, 0.15) is 11.4 Å². The van der Waals surface area contributed by atoms with Crippen LogP contribution >= 0.6 is 0 Å². The molecule has 0 bridgehead atoms. The van der Waals surface area contributed by atoms with Gasteiger partial charge in [-0.2, -0.15) is 0 Å². The summed E-state index contributed by atoms with van der Waals surface area (Å²) in [7, 11) is 2.18. The quantitative estimate of drug-likeness (QED) is 0.769. The number of imidazole rings is 1. The van der Waals surface area contributed by atoms with Crippen LogP contribution in [-0.4, -0.2) is 52.5 Å². The molecule has 4 heterocycles. The number of hydrogen-bond donors (Lipinski definition) is 1. The standard InChI is InChI=1S/C19H24N6/c1-23-9-11-24(12-10-23)19-7-4-6-18-22-17(15-25(18)19)14-20-13-16-5-2-3-8-21-16/h2-8,15,20H,9-14H2,1H3. The molecule has 130 valence electrons. The van der Waals surface area contributed by atoms with E-state index in [1.807, 2.05) is 24.4 Å². The first-order chi connectivity index (χ1) is 12.3. The van der Waals surface area contributed by atoms with Crippen LogP contribution in [0.3, 0.4) is 0 Å². The van der Waals surface area contributed by atoms with Crippen LogP contribution in [0.25, 0.3) is 5.65 Å². The second-order valence-electron chi connectivity index (χ2n) is 6.56. The maximum absolute atomic E-state index is 4.76. The number of nitrogens with zero attached hydrogens (tertiary/aromatic N) is 5. The Morgan fingerprint density at radius 3 is 2.60 bits per heavy atom. The highest BCUT2D eigenvalue weighted by Crippen LogP contribution is 2.19. The van der Waals surface area contributed by atoms with E-state index in [0.717, 1.165) is 56.3 Å². The molecule has 6 nitrogen and oxygen atoms in total. The minimum atomic E-state index is 0.737. The molecule has 0 radical (unpaired) electrons. The van der Waals surface area contributed by atoms with Crippen LogP contribution in [0.2, 0.25) is 0 Å². The highest BCUT2D eigenvalue weighted by molar-refractivity contribution is 5.52. The summed E-state index contributed by atoms with van der Waals surface area (Å²) in [6.45, 7) is 5.80. The lowest BCUT2D eigenvalue weighted by atomic mass is 10.3. The molecule has 1 N–H and O–H groups in total. The second-order valence-corrected chi connectivity index (χ2v) is 6.56. The lowest BCUT2D eigenvalue weighted by Gasteiger charge is -2.34. The molecule has 0 spiro atoms. The van der Waals surface area contributed by atoms with Crippen molar-refractivity contribution >= 4 is 11.5 Å². The molecule has 0 unspecified atom stereocenters. The Labute approximate surface area is 148 Å². The SMILES string of the molecule is CN1CCN(c2cccc3nc(CNCc4ccccn4)cn23)CC1. The van der Waals surface area contributed by atoms with E-state index in [1.54, 1.807) is 0 Å². The molecule has 3 aromatic heterocycles. The molecule has 3 aromatic rings. The lowest BCUT2D eigenvalue weighted by Crippen LogP contribution is -2.45. The van der Waals surface area contributed by atoms with E-state index in [9.17, 15) is 0 Å². The summed E-state index contributed by atoms with van der Waals surface area (Å²) in [5.74, 6) is 1.23. The number of fused-ring (bicyclic) bond motifs is 1. The Morgan fingerprint density at radius 1 is 0.960 bits per heavy atom. The van der Waals surface area contributed by atoms with Crippen molar-refractivity contribution in [1.29, 1.82) is 0 Å². The van der Waals surface area contributed by atoms with Crippen molar-refractivity contribution in [2.75, 3.05) is 38.1 Å². The van der Waals surface area contributed by atoms with E-state index in [0.29, 0.717) is 0 Å². The van der Waals surface area contributed by atoms with Crippen molar-refractivity contribution in [2.24, 2.45) is 0 Å². The third-order valence-corrected chi connectivity index (χ3v) is 4.69. The van der Waals surface area contributed by atoms with Gasteiger partial charge >= 0.3 is 0 Å². The molecule has 1 fully saturated rings. The van der Waals surface area contributed by atoms with Crippen molar-refractivity contribution in [3.05, 3.63) is 60.2 Å². The Morgan fingerprint density at radius 2 is 1.80 bits per heavy atom. The fraction of sp³-hybridized carbons (Fsp3) is 0.368. The molecule has 0 atom stereocenters. The van der Waals surface area contributed by atoms with Crippen LogP contribution in [0.4, 0.5) is 5.82 Å². The van der Waals surface area contributed by atoms with Gasteiger partial charge < -0.3 is 15.1 Å². The number of piperazine rings is 1. The van der Waals surface area contributed by atoms with Gasteiger partial charge in [0.05, 0.1) is 11.4 Å². The zero-order valence-corrected chi connectivity index (χ0v) is 14.6. The molecule has 6 heteroatoms. The number of anilines is 1. The lowest BCUT2D eigenvalue weighted by molar-refractivity contribution is 0.312. The van der Waals surface area contributed by atoms with Gasteiger partial charge in [0.15, 0.2) is 0 Å². The van der Waals surface area contributed by atoms with Gasteiger partial charge in [-0.3, -0.25) is 9.38 Å². The van der Waals surface area contributed by atoms with Crippen molar-refractivity contribution in [3.63, 3.8) is 0 Å². The molecule has 0 amide bonds. The number of pyridine rings is 2. The van der Waals surface area contributed by atoms with Gasteiger partial charge in [-0.15, -0.1) is 0 Å². The van der Waals surface area contributed by atoms with Gasteiger partial charge in [-0.05, 0) is 31.3 Å². The minimum Gasteiger partial charge on any atom is -0.355 e. The summed E-state index contributed by atoms with van der Waals surface area (Å²) >= 11 is 0. The number of aromatic nitrogens is 3. The predicted octanol–water partition coefficient (Wildman–Crippen LogP) is 1.77. The molecule has 0 aliphatic carbocycles. The average molecular weight is 336 g/mol. The fourth-order valence-electron chi connectivity index (χ4n) is 3.25. The van der Waals surface area contributed by atoms with Gasteiger partial charge in [0.1, 0.15) is 11.5 Å². The van der Waals surface area contributed by atoms with E-state index >= 15 is 0 Å². The largest absolute Gasteiger partial charge is 0.355 e. The summed E-state index contributed by atoms with van der Waals surface area (Å²) in [4.78, 5) is 13.9. The number of rotatable bonds is 5. The molecular weight excluding hydrogens is 312 g/mol. The zero-order valence-electron chi connectivity index (χ0n) is 14.6. The molecule has 4 rings (SSSR count). The molecule has 25 heavy (non-hydrogen) atoms. The van der Waals surface area contributed by atoms with Crippen molar-refractivity contribution < 1.29 is 0 Å². The summed E-state index contributed by atoms with van der Waals surface area (Å²) in [6.07, 6.45) is 3.97. The Hall–Kier alpha value is -2.44. The summed E-state index contributed by atoms with van der Waals surface area (Å²) in [5.41, 5.74) is 3.10. The molecule has 1 aliphatic heterocycles. The minimum absolute atomic E-state index is 0.737. The van der Waals surface area contributed by atoms with Gasteiger partial charge in [0.25, 0.3) is 0 Å². The number of likely N-dealkylation sites (N-methyl/N-ethyl adjacent to an activating group) is 1. The summed E-state index contributed by atoms with van der Waals surface area (Å²) in [6, 6.07) is 12.3. The van der Waals surface area contributed by atoms with Gasteiger partial charge in [0, 0.05) is 51.7 Å². The van der Waals surface area contributed by atoms with Crippen LogP contribution in [0.5, 0.6) is 0 Å². The third-order valence-electron chi connectivity index (χ3n) is 4.69. The van der Waals surface area contributed by atoms with E-state index in [1.165, 1.54) is 5.82 Å². The van der Waals surface area contributed by atoms with Crippen LogP contribution < -0.4 is 10.2 Å². The van der Waals surface area contributed by atoms with E-state index in [2.05, 4.69) is 55.9 Å². The van der Waals surface area contributed by atoms with Crippen molar-refractivity contribution in [2.45, 2.75) is 13.1 Å². The summed E-state index contributed by atoms with van der Waals surface area (Å²) in [5, 5.41) is 3.43. The summed E-state index contributed by atoms with van der Waals surface area (Å²) < 4.78 is 2.21. The first-order valence-electron chi connectivity index (χ1n) is 8.81. The Bertz CT molecular complexity index is 820.